The Hall–Kier alpha value is -1.36. The third-order valence-electron chi connectivity index (χ3n) is 4.52. The van der Waals surface area contributed by atoms with E-state index < -0.39 is 11.9 Å². The first kappa shape index (κ1) is 13.6. The summed E-state index contributed by atoms with van der Waals surface area (Å²) < 4.78 is 0. The molecule has 2 aliphatic rings. The summed E-state index contributed by atoms with van der Waals surface area (Å²) >= 11 is 1.75. The number of aliphatic carboxylic acids is 1. The van der Waals surface area contributed by atoms with Crippen LogP contribution in [0.3, 0.4) is 0 Å². The molecule has 1 aliphatic carbocycles. The zero-order chi connectivity index (χ0) is 14.1. The third kappa shape index (κ3) is 2.46. The molecular weight excluding hydrogens is 274 g/mol. The van der Waals surface area contributed by atoms with Crippen LogP contribution in [0.15, 0.2) is 11.4 Å². The van der Waals surface area contributed by atoms with Gasteiger partial charge in [-0.2, -0.15) is 0 Å². The minimum Gasteiger partial charge on any atom is -0.481 e. The van der Waals surface area contributed by atoms with E-state index in [0.29, 0.717) is 13.0 Å². The quantitative estimate of drug-likeness (QED) is 0.911. The van der Waals surface area contributed by atoms with Gasteiger partial charge in [0.1, 0.15) is 0 Å². The molecule has 0 spiro atoms. The molecule has 108 valence electrons. The number of fused-ring (bicyclic) bond motifs is 1. The molecule has 0 radical (unpaired) electrons. The Balaban J connectivity index is 1.73. The van der Waals surface area contributed by atoms with E-state index in [9.17, 15) is 14.7 Å². The van der Waals surface area contributed by atoms with Gasteiger partial charge in [-0.25, -0.2) is 0 Å². The van der Waals surface area contributed by atoms with E-state index >= 15 is 0 Å². The summed E-state index contributed by atoms with van der Waals surface area (Å²) in [6.45, 7) is 1.38. The molecule has 1 saturated carbocycles. The normalized spacial score (nSPS) is 26.1. The maximum atomic E-state index is 12.7. The number of thiophene rings is 1. The first-order valence-corrected chi connectivity index (χ1v) is 8.11. The van der Waals surface area contributed by atoms with Crippen molar-refractivity contribution in [1.29, 1.82) is 0 Å². The Kier molecular flexibility index (Phi) is 3.78. The van der Waals surface area contributed by atoms with Gasteiger partial charge >= 0.3 is 5.97 Å². The predicted molar refractivity (Wildman–Crippen MR) is 76.5 cm³/mol. The molecule has 3 rings (SSSR count). The number of carbonyl (C=O) groups excluding carboxylic acids is 1. The van der Waals surface area contributed by atoms with Gasteiger partial charge in [0.2, 0.25) is 5.91 Å². The van der Waals surface area contributed by atoms with Gasteiger partial charge in [-0.15, -0.1) is 11.3 Å². The van der Waals surface area contributed by atoms with E-state index in [1.165, 1.54) is 10.4 Å². The average molecular weight is 293 g/mol. The van der Waals surface area contributed by atoms with Crippen molar-refractivity contribution >= 4 is 23.2 Å². The van der Waals surface area contributed by atoms with E-state index in [1.54, 1.807) is 11.3 Å². The van der Waals surface area contributed by atoms with E-state index in [0.717, 1.165) is 32.2 Å². The highest BCUT2D eigenvalue weighted by atomic mass is 32.1. The number of hydrogen-bond acceptors (Lipinski definition) is 3. The molecule has 1 amide bonds. The highest BCUT2D eigenvalue weighted by Crippen LogP contribution is 2.33. The van der Waals surface area contributed by atoms with Gasteiger partial charge in [0, 0.05) is 18.0 Å². The lowest BCUT2D eigenvalue weighted by atomic mass is 9.78. The van der Waals surface area contributed by atoms with Gasteiger partial charge in [-0.3, -0.25) is 9.59 Å². The van der Waals surface area contributed by atoms with Crippen LogP contribution in [0.1, 0.15) is 36.1 Å². The van der Waals surface area contributed by atoms with E-state index in [1.807, 2.05) is 4.90 Å². The van der Waals surface area contributed by atoms with Crippen LogP contribution < -0.4 is 0 Å². The highest BCUT2D eigenvalue weighted by molar-refractivity contribution is 7.10. The smallest absolute Gasteiger partial charge is 0.307 e. The average Bonchev–Trinajstić information content (AvgIpc) is 2.93. The van der Waals surface area contributed by atoms with Gasteiger partial charge in [0.15, 0.2) is 0 Å². The molecule has 1 aliphatic heterocycles. The first-order chi connectivity index (χ1) is 9.66. The van der Waals surface area contributed by atoms with Crippen molar-refractivity contribution in [3.8, 4) is 0 Å². The van der Waals surface area contributed by atoms with Crippen LogP contribution in [0.4, 0.5) is 0 Å². The summed E-state index contributed by atoms with van der Waals surface area (Å²) in [7, 11) is 0. The minimum absolute atomic E-state index is 0.0500. The fourth-order valence-electron chi connectivity index (χ4n) is 3.39. The second kappa shape index (κ2) is 5.56. The Morgan fingerprint density at radius 1 is 1.25 bits per heavy atom. The van der Waals surface area contributed by atoms with Crippen LogP contribution in [0.5, 0.6) is 0 Å². The fourth-order valence-corrected chi connectivity index (χ4v) is 4.28. The lowest BCUT2D eigenvalue weighted by Gasteiger charge is -2.34. The topological polar surface area (TPSA) is 57.6 Å². The van der Waals surface area contributed by atoms with Crippen molar-refractivity contribution in [2.24, 2.45) is 11.8 Å². The van der Waals surface area contributed by atoms with Crippen LogP contribution in [-0.4, -0.2) is 28.4 Å². The van der Waals surface area contributed by atoms with Crippen molar-refractivity contribution in [3.63, 3.8) is 0 Å². The predicted octanol–water partition coefficient (Wildman–Crippen LogP) is 2.52. The number of carboxylic acid groups (broad SMARTS) is 1. The summed E-state index contributed by atoms with van der Waals surface area (Å²) in [6.07, 6.45) is 4.17. The molecule has 1 fully saturated rings. The third-order valence-corrected chi connectivity index (χ3v) is 5.54. The number of amides is 1. The van der Waals surface area contributed by atoms with Gasteiger partial charge in [0.25, 0.3) is 0 Å². The molecule has 20 heavy (non-hydrogen) atoms. The summed E-state index contributed by atoms with van der Waals surface area (Å²) in [6, 6.07) is 2.08. The largest absolute Gasteiger partial charge is 0.481 e. The molecule has 1 aromatic rings. The van der Waals surface area contributed by atoms with Gasteiger partial charge < -0.3 is 10.0 Å². The Labute approximate surface area is 122 Å². The molecule has 2 atom stereocenters. The molecule has 5 heteroatoms. The maximum Gasteiger partial charge on any atom is 0.307 e. The van der Waals surface area contributed by atoms with Crippen molar-refractivity contribution in [2.45, 2.75) is 38.6 Å². The SMILES string of the molecule is O=C(O)[C@H]1CCCC[C@H]1C(=O)N1CCc2sccc2C1. The van der Waals surface area contributed by atoms with Crippen molar-refractivity contribution < 1.29 is 14.7 Å². The van der Waals surface area contributed by atoms with Crippen LogP contribution in [0, 0.1) is 11.8 Å². The van der Waals surface area contributed by atoms with Gasteiger partial charge in [0.05, 0.1) is 11.8 Å². The fraction of sp³-hybridized carbons (Fsp3) is 0.600. The summed E-state index contributed by atoms with van der Waals surface area (Å²) in [5, 5.41) is 11.4. The second-order valence-electron chi connectivity index (χ2n) is 5.71. The highest BCUT2D eigenvalue weighted by Gasteiger charge is 2.38. The lowest BCUT2D eigenvalue weighted by molar-refractivity contribution is -0.152. The molecule has 4 nitrogen and oxygen atoms in total. The zero-order valence-electron chi connectivity index (χ0n) is 11.4. The summed E-state index contributed by atoms with van der Waals surface area (Å²) in [5.41, 5.74) is 1.23. The minimum atomic E-state index is -0.809. The maximum absolute atomic E-state index is 12.7. The molecule has 0 unspecified atom stereocenters. The molecule has 2 heterocycles. The number of rotatable bonds is 2. The molecule has 0 bridgehead atoms. The van der Waals surface area contributed by atoms with Crippen molar-refractivity contribution in [1.82, 2.24) is 4.90 Å². The number of hydrogen-bond donors (Lipinski definition) is 1. The lowest BCUT2D eigenvalue weighted by Crippen LogP contribution is -2.44. The van der Waals surface area contributed by atoms with E-state index in [2.05, 4.69) is 11.4 Å². The van der Waals surface area contributed by atoms with Crippen LogP contribution in [0.25, 0.3) is 0 Å². The Bertz CT molecular complexity index is 525. The molecular formula is C15H19NO3S. The van der Waals surface area contributed by atoms with E-state index in [4.69, 9.17) is 0 Å². The Morgan fingerprint density at radius 3 is 2.75 bits per heavy atom. The second-order valence-corrected chi connectivity index (χ2v) is 6.72. The first-order valence-electron chi connectivity index (χ1n) is 7.23. The molecule has 0 saturated heterocycles. The summed E-state index contributed by atoms with van der Waals surface area (Å²) in [5.74, 6) is -1.56. The zero-order valence-corrected chi connectivity index (χ0v) is 12.2. The monoisotopic (exact) mass is 293 g/mol. The van der Waals surface area contributed by atoms with Gasteiger partial charge in [-0.1, -0.05) is 12.8 Å². The van der Waals surface area contributed by atoms with Crippen LogP contribution in [0.2, 0.25) is 0 Å². The molecule has 1 N–H and O–H groups in total. The Morgan fingerprint density at radius 2 is 2.00 bits per heavy atom. The van der Waals surface area contributed by atoms with Crippen molar-refractivity contribution in [3.05, 3.63) is 21.9 Å². The summed E-state index contributed by atoms with van der Waals surface area (Å²) in [4.78, 5) is 27.2. The molecule has 1 aromatic heterocycles. The van der Waals surface area contributed by atoms with Crippen molar-refractivity contribution in [2.75, 3.05) is 6.54 Å². The number of carboxylic acids is 1. The van der Waals surface area contributed by atoms with E-state index in [-0.39, 0.29) is 11.8 Å². The van der Waals surface area contributed by atoms with Crippen LogP contribution >= 0.6 is 11.3 Å². The number of carbonyl (C=O) groups is 2. The number of nitrogens with zero attached hydrogens (tertiary/aromatic N) is 1. The van der Waals surface area contributed by atoms with Crippen LogP contribution in [-0.2, 0) is 22.6 Å². The molecule has 0 aromatic carbocycles. The standard InChI is InChI=1S/C15H19NO3S/c17-14(11-3-1-2-4-12(11)15(18)19)16-7-5-13-10(9-16)6-8-20-13/h6,8,11-12H,1-5,7,9H2,(H,18,19)/t11-,12+/m1/s1. The van der Waals surface area contributed by atoms with Gasteiger partial charge in [-0.05, 0) is 36.3 Å².